The van der Waals surface area contributed by atoms with E-state index in [4.69, 9.17) is 0 Å². The molecule has 0 bridgehead atoms. The Kier molecular flexibility index (Phi) is 5.55. The van der Waals surface area contributed by atoms with Gasteiger partial charge in [-0.1, -0.05) is 19.9 Å². The Balaban J connectivity index is 1.90. The van der Waals surface area contributed by atoms with E-state index in [9.17, 15) is 27.2 Å². The van der Waals surface area contributed by atoms with Crippen LogP contribution in [0.2, 0.25) is 0 Å². The second kappa shape index (κ2) is 8.09. The molecular weight excluding hydrogens is 440 g/mol. The second-order valence-corrected chi connectivity index (χ2v) is 8.18. The highest BCUT2D eigenvalue weighted by Crippen LogP contribution is 2.40. The van der Waals surface area contributed by atoms with Crippen LogP contribution in [0.4, 0.5) is 28.9 Å². The van der Waals surface area contributed by atoms with E-state index >= 15 is 0 Å². The van der Waals surface area contributed by atoms with Gasteiger partial charge in [0.25, 0.3) is 11.8 Å². The molecule has 10 heteroatoms. The predicted octanol–water partition coefficient (Wildman–Crippen LogP) is 4.84. The first-order valence-electron chi connectivity index (χ1n) is 10.2. The van der Waals surface area contributed by atoms with E-state index in [-0.39, 0.29) is 23.8 Å². The van der Waals surface area contributed by atoms with E-state index in [1.54, 1.807) is 11.8 Å². The Bertz CT molecular complexity index is 1200. The zero-order chi connectivity index (χ0) is 24.1. The van der Waals surface area contributed by atoms with Gasteiger partial charge < -0.3 is 9.80 Å². The number of amides is 2. The molecule has 6 nitrogen and oxygen atoms in total. The third-order valence-corrected chi connectivity index (χ3v) is 5.62. The van der Waals surface area contributed by atoms with E-state index in [2.05, 4.69) is 9.98 Å². The predicted molar refractivity (Wildman–Crippen MR) is 114 cm³/mol. The van der Waals surface area contributed by atoms with Gasteiger partial charge in [-0.3, -0.25) is 9.59 Å². The maximum atomic E-state index is 14.0. The first kappa shape index (κ1) is 22.6. The summed E-state index contributed by atoms with van der Waals surface area (Å²) in [4.78, 5) is 35.3. The summed E-state index contributed by atoms with van der Waals surface area (Å²) in [6, 6.07) is 4.15. The highest BCUT2D eigenvalue weighted by molar-refractivity contribution is 6.10. The van der Waals surface area contributed by atoms with Crippen LogP contribution in [0.1, 0.15) is 48.3 Å². The molecule has 0 saturated heterocycles. The molecule has 0 saturated carbocycles. The molecule has 0 N–H and O–H groups in total. The van der Waals surface area contributed by atoms with Gasteiger partial charge in [0.2, 0.25) is 0 Å². The fourth-order valence-corrected chi connectivity index (χ4v) is 4.01. The largest absolute Gasteiger partial charge is 0.433 e. The Morgan fingerprint density at radius 2 is 1.85 bits per heavy atom. The minimum Gasteiger partial charge on any atom is -0.321 e. The maximum Gasteiger partial charge on any atom is 0.433 e. The Morgan fingerprint density at radius 1 is 1.12 bits per heavy atom. The van der Waals surface area contributed by atoms with Crippen LogP contribution in [0.15, 0.2) is 47.6 Å². The number of nitrogens with zero attached hydrogens (tertiary/aromatic N) is 4. The molecule has 4 rings (SSSR count). The van der Waals surface area contributed by atoms with Crippen molar-refractivity contribution >= 4 is 28.9 Å². The third-order valence-electron chi connectivity index (χ3n) is 5.62. The van der Waals surface area contributed by atoms with Crippen LogP contribution in [-0.4, -0.2) is 40.1 Å². The summed E-state index contributed by atoms with van der Waals surface area (Å²) in [5.41, 5.74) is 0.294. The number of anilines is 2. The summed E-state index contributed by atoms with van der Waals surface area (Å²) in [7, 11) is 0. The molecule has 2 amide bonds. The summed E-state index contributed by atoms with van der Waals surface area (Å²) in [5.74, 6) is -1.69. The van der Waals surface area contributed by atoms with Crippen LogP contribution in [0, 0.1) is 5.82 Å². The van der Waals surface area contributed by atoms with Gasteiger partial charge in [0.05, 0.1) is 30.2 Å². The minimum atomic E-state index is -4.74. The molecular formula is C23H20F4N4O2. The SMILES string of the molecule is CC1=NC(=O)C=CC1N1CN(c2ccc(F)cc2C(C)C)c2cnc(C(F)(F)F)cc2C1=O. The number of carbonyl (C=O) groups excluding carboxylic acids is 2. The number of rotatable bonds is 3. The van der Waals surface area contributed by atoms with Gasteiger partial charge in [-0.05, 0) is 42.7 Å². The zero-order valence-corrected chi connectivity index (χ0v) is 18.0. The Labute approximate surface area is 187 Å². The molecule has 2 aliphatic heterocycles. The maximum absolute atomic E-state index is 14.0. The zero-order valence-electron chi connectivity index (χ0n) is 18.0. The van der Waals surface area contributed by atoms with Crippen LogP contribution >= 0.6 is 0 Å². The lowest BCUT2D eigenvalue weighted by molar-refractivity contribution is -0.141. The molecule has 0 aliphatic carbocycles. The number of aliphatic imine (C=N–C) groups is 1. The van der Waals surface area contributed by atoms with Crippen LogP contribution in [0.3, 0.4) is 0 Å². The fraction of sp³-hybridized carbons (Fsp3) is 0.304. The molecule has 0 fully saturated rings. The Hall–Kier alpha value is -3.56. The number of benzene rings is 1. The summed E-state index contributed by atoms with van der Waals surface area (Å²) in [6.45, 7) is 5.25. The topological polar surface area (TPSA) is 65.9 Å². The average Bonchev–Trinajstić information content (AvgIpc) is 2.74. The number of hydrogen-bond donors (Lipinski definition) is 0. The third kappa shape index (κ3) is 4.12. The van der Waals surface area contributed by atoms with Crippen molar-refractivity contribution < 1.29 is 27.2 Å². The number of aromatic nitrogens is 1. The molecule has 0 spiro atoms. The number of alkyl halides is 3. The van der Waals surface area contributed by atoms with Gasteiger partial charge in [-0.2, -0.15) is 13.2 Å². The summed E-state index contributed by atoms with van der Waals surface area (Å²) < 4.78 is 54.1. The van der Waals surface area contributed by atoms with E-state index in [0.717, 1.165) is 12.3 Å². The monoisotopic (exact) mass is 460 g/mol. The second-order valence-electron chi connectivity index (χ2n) is 8.18. The normalized spacial score (nSPS) is 18.7. The molecule has 1 atom stereocenters. The lowest BCUT2D eigenvalue weighted by Crippen LogP contribution is -2.52. The number of halogens is 4. The van der Waals surface area contributed by atoms with E-state index in [0.29, 0.717) is 17.0 Å². The summed E-state index contributed by atoms with van der Waals surface area (Å²) in [6.07, 6.45) is -1.01. The number of hydrogen-bond acceptors (Lipinski definition) is 4. The first-order chi connectivity index (χ1) is 15.5. The van der Waals surface area contributed by atoms with Crippen molar-refractivity contribution in [3.8, 4) is 0 Å². The van der Waals surface area contributed by atoms with Crippen LogP contribution in [0.5, 0.6) is 0 Å². The molecule has 0 radical (unpaired) electrons. The van der Waals surface area contributed by atoms with Crippen LogP contribution < -0.4 is 4.90 Å². The van der Waals surface area contributed by atoms with Gasteiger partial charge in [0.1, 0.15) is 11.5 Å². The van der Waals surface area contributed by atoms with Crippen molar-refractivity contribution in [2.24, 2.45) is 4.99 Å². The fourth-order valence-electron chi connectivity index (χ4n) is 4.01. The van der Waals surface area contributed by atoms with Gasteiger partial charge in [0, 0.05) is 17.5 Å². The highest BCUT2D eigenvalue weighted by Gasteiger charge is 2.40. The number of dihydropyridines is 1. The molecule has 172 valence electrons. The van der Waals surface area contributed by atoms with Crippen molar-refractivity contribution in [2.75, 3.05) is 11.6 Å². The van der Waals surface area contributed by atoms with Crippen molar-refractivity contribution in [1.29, 1.82) is 0 Å². The quantitative estimate of drug-likeness (QED) is 0.615. The van der Waals surface area contributed by atoms with Crippen molar-refractivity contribution in [1.82, 2.24) is 9.88 Å². The van der Waals surface area contributed by atoms with E-state index in [1.165, 1.54) is 35.3 Å². The Morgan fingerprint density at radius 3 is 2.48 bits per heavy atom. The molecule has 2 aromatic rings. The average molecular weight is 460 g/mol. The standard InChI is InChI=1S/C23H20F4N4O2/c1-12(2)15-8-14(24)4-5-18(15)30-11-31(17-6-7-21(32)29-13(17)3)22(33)16-9-20(23(25,26)27)28-10-19(16)30/h4-10,12,17H,11H2,1-3H3. The number of fused-ring (bicyclic) bond motifs is 1. The lowest BCUT2D eigenvalue weighted by atomic mass is 9.98. The molecule has 3 heterocycles. The summed E-state index contributed by atoms with van der Waals surface area (Å²) >= 11 is 0. The molecule has 1 unspecified atom stereocenters. The molecule has 1 aromatic heterocycles. The van der Waals surface area contributed by atoms with Crippen molar-refractivity contribution in [3.63, 3.8) is 0 Å². The van der Waals surface area contributed by atoms with Gasteiger partial charge in [0.15, 0.2) is 0 Å². The minimum absolute atomic E-state index is 0.0553. The number of pyridine rings is 1. The highest BCUT2D eigenvalue weighted by atomic mass is 19.4. The lowest BCUT2D eigenvalue weighted by Gasteiger charge is -2.42. The van der Waals surface area contributed by atoms with Crippen molar-refractivity contribution in [2.45, 2.75) is 38.9 Å². The molecule has 2 aliphatic rings. The first-order valence-corrected chi connectivity index (χ1v) is 10.2. The summed E-state index contributed by atoms with van der Waals surface area (Å²) in [5, 5.41) is 0. The number of carbonyl (C=O) groups is 2. The molecule has 1 aromatic carbocycles. The molecule has 33 heavy (non-hydrogen) atoms. The van der Waals surface area contributed by atoms with Crippen LogP contribution in [-0.2, 0) is 11.0 Å². The van der Waals surface area contributed by atoms with Gasteiger partial charge in [-0.15, -0.1) is 0 Å². The van der Waals surface area contributed by atoms with E-state index in [1.807, 2.05) is 13.8 Å². The van der Waals surface area contributed by atoms with Crippen molar-refractivity contribution in [3.05, 3.63) is 65.3 Å². The van der Waals surface area contributed by atoms with Crippen LogP contribution in [0.25, 0.3) is 0 Å². The van der Waals surface area contributed by atoms with Gasteiger partial charge >= 0.3 is 6.18 Å². The van der Waals surface area contributed by atoms with E-state index < -0.39 is 35.5 Å². The smallest absolute Gasteiger partial charge is 0.321 e. The van der Waals surface area contributed by atoms with Gasteiger partial charge in [-0.25, -0.2) is 14.4 Å².